The highest BCUT2D eigenvalue weighted by Gasteiger charge is 2.05. The summed E-state index contributed by atoms with van der Waals surface area (Å²) in [4.78, 5) is 18.9. The molecule has 0 radical (unpaired) electrons. The average Bonchev–Trinajstić information content (AvgIpc) is 2.72. The molecule has 4 nitrogen and oxygen atoms in total. The van der Waals surface area contributed by atoms with Crippen molar-refractivity contribution in [2.24, 2.45) is 5.92 Å². The molecular formula is C14H13N3O. The van der Waals surface area contributed by atoms with Gasteiger partial charge in [0.2, 0.25) is 0 Å². The first kappa shape index (κ1) is 10.8. The zero-order valence-electron chi connectivity index (χ0n) is 10.00. The monoisotopic (exact) mass is 239 g/mol. The van der Waals surface area contributed by atoms with Gasteiger partial charge in [-0.1, -0.05) is 37.3 Å². The SMILES string of the molecule is CC1C=CC=C(c2cc3nccn3c(=O)[nH]2)C=C1. The molecule has 0 saturated carbocycles. The maximum atomic E-state index is 11.9. The molecule has 3 rings (SSSR count). The highest BCUT2D eigenvalue weighted by atomic mass is 16.1. The number of hydrogen-bond donors (Lipinski definition) is 1. The third kappa shape index (κ3) is 1.82. The van der Waals surface area contributed by atoms with Crippen molar-refractivity contribution >= 4 is 11.2 Å². The smallest absolute Gasteiger partial charge is 0.306 e. The van der Waals surface area contributed by atoms with Crippen molar-refractivity contribution < 1.29 is 0 Å². The predicted molar refractivity (Wildman–Crippen MR) is 71.2 cm³/mol. The maximum absolute atomic E-state index is 11.9. The first-order chi connectivity index (χ1) is 8.74. The molecule has 2 heterocycles. The minimum absolute atomic E-state index is 0.171. The van der Waals surface area contributed by atoms with E-state index in [4.69, 9.17) is 0 Å². The Morgan fingerprint density at radius 3 is 3.17 bits per heavy atom. The van der Waals surface area contributed by atoms with Gasteiger partial charge in [-0.25, -0.2) is 9.78 Å². The molecule has 90 valence electrons. The molecule has 2 aromatic heterocycles. The number of nitrogens with one attached hydrogen (secondary N) is 1. The normalized spacial score (nSPS) is 18.9. The topological polar surface area (TPSA) is 50.2 Å². The molecule has 1 aliphatic rings. The van der Waals surface area contributed by atoms with Crippen LogP contribution in [0.5, 0.6) is 0 Å². The summed E-state index contributed by atoms with van der Waals surface area (Å²) in [6, 6.07) is 1.88. The van der Waals surface area contributed by atoms with Crippen molar-refractivity contribution in [3.05, 3.63) is 65.0 Å². The van der Waals surface area contributed by atoms with Gasteiger partial charge in [-0.15, -0.1) is 0 Å². The number of nitrogens with zero attached hydrogens (tertiary/aromatic N) is 2. The fraction of sp³-hybridized carbons (Fsp3) is 0.143. The summed E-state index contributed by atoms with van der Waals surface area (Å²) >= 11 is 0. The van der Waals surface area contributed by atoms with E-state index in [1.54, 1.807) is 12.4 Å². The van der Waals surface area contributed by atoms with Gasteiger partial charge in [0.15, 0.2) is 0 Å². The second kappa shape index (κ2) is 4.14. The minimum atomic E-state index is -0.171. The van der Waals surface area contributed by atoms with Gasteiger partial charge in [-0.05, 0) is 11.5 Å². The molecule has 4 heteroatoms. The van der Waals surface area contributed by atoms with E-state index in [2.05, 4.69) is 29.0 Å². The number of imidazole rings is 1. The Morgan fingerprint density at radius 2 is 2.28 bits per heavy atom. The van der Waals surface area contributed by atoms with E-state index in [0.29, 0.717) is 11.6 Å². The number of H-pyrrole nitrogens is 1. The lowest BCUT2D eigenvalue weighted by Crippen LogP contribution is -2.16. The van der Waals surface area contributed by atoms with Crippen LogP contribution in [0.15, 0.2) is 53.6 Å². The summed E-state index contributed by atoms with van der Waals surface area (Å²) in [6.45, 7) is 2.12. The van der Waals surface area contributed by atoms with Crippen LogP contribution in [0.3, 0.4) is 0 Å². The Bertz CT molecular complexity index is 731. The highest BCUT2D eigenvalue weighted by molar-refractivity contribution is 5.75. The Morgan fingerprint density at radius 1 is 1.39 bits per heavy atom. The van der Waals surface area contributed by atoms with E-state index in [1.165, 1.54) is 4.40 Å². The summed E-state index contributed by atoms with van der Waals surface area (Å²) in [5.74, 6) is 0.403. The van der Waals surface area contributed by atoms with Gasteiger partial charge in [0, 0.05) is 18.5 Å². The van der Waals surface area contributed by atoms with Crippen molar-refractivity contribution in [2.45, 2.75) is 6.92 Å². The van der Waals surface area contributed by atoms with Gasteiger partial charge in [-0.3, -0.25) is 4.40 Å². The van der Waals surface area contributed by atoms with Crippen molar-refractivity contribution in [1.29, 1.82) is 0 Å². The summed E-state index contributed by atoms with van der Waals surface area (Å²) in [7, 11) is 0. The molecule has 0 amide bonds. The van der Waals surface area contributed by atoms with Gasteiger partial charge in [-0.2, -0.15) is 0 Å². The fourth-order valence-corrected chi connectivity index (χ4v) is 1.98. The fourth-order valence-electron chi connectivity index (χ4n) is 1.98. The van der Waals surface area contributed by atoms with E-state index >= 15 is 0 Å². The molecule has 0 aliphatic heterocycles. The van der Waals surface area contributed by atoms with Crippen LogP contribution in [-0.4, -0.2) is 14.4 Å². The first-order valence-corrected chi connectivity index (χ1v) is 5.87. The number of hydrogen-bond acceptors (Lipinski definition) is 2. The van der Waals surface area contributed by atoms with Gasteiger partial charge >= 0.3 is 5.69 Å². The van der Waals surface area contributed by atoms with E-state index in [1.807, 2.05) is 24.3 Å². The van der Waals surface area contributed by atoms with E-state index in [0.717, 1.165) is 11.3 Å². The third-order valence-corrected chi connectivity index (χ3v) is 2.98. The van der Waals surface area contributed by atoms with Crippen LogP contribution in [0.2, 0.25) is 0 Å². The minimum Gasteiger partial charge on any atom is -0.306 e. The second-order valence-electron chi connectivity index (χ2n) is 4.37. The highest BCUT2D eigenvalue weighted by Crippen LogP contribution is 2.18. The van der Waals surface area contributed by atoms with Crippen LogP contribution in [0.25, 0.3) is 11.2 Å². The van der Waals surface area contributed by atoms with Crippen LogP contribution in [0.1, 0.15) is 12.6 Å². The zero-order chi connectivity index (χ0) is 12.5. The number of fused-ring (bicyclic) bond motifs is 1. The number of allylic oxidation sites excluding steroid dienone is 6. The Hall–Kier alpha value is -2.36. The molecule has 2 aromatic rings. The lowest BCUT2D eigenvalue weighted by molar-refractivity contribution is 0.942. The average molecular weight is 239 g/mol. The zero-order valence-corrected chi connectivity index (χ0v) is 10.00. The molecule has 0 fully saturated rings. The van der Waals surface area contributed by atoms with E-state index < -0.39 is 0 Å². The Labute approximate surface area is 104 Å². The maximum Gasteiger partial charge on any atom is 0.331 e. The van der Waals surface area contributed by atoms with E-state index in [-0.39, 0.29) is 5.69 Å². The summed E-state index contributed by atoms with van der Waals surface area (Å²) in [5.41, 5.74) is 2.26. The van der Waals surface area contributed by atoms with Crippen LogP contribution < -0.4 is 5.69 Å². The van der Waals surface area contributed by atoms with Crippen LogP contribution in [0, 0.1) is 5.92 Å². The van der Waals surface area contributed by atoms with Crippen LogP contribution in [0.4, 0.5) is 0 Å². The van der Waals surface area contributed by atoms with Crippen molar-refractivity contribution in [3.63, 3.8) is 0 Å². The van der Waals surface area contributed by atoms with Gasteiger partial charge in [0.25, 0.3) is 0 Å². The standard InChI is InChI=1S/C14H13N3O/c1-10-3-2-4-11(6-5-10)12-9-13-15-7-8-17(13)14(18)16-12/h2-10H,1H3,(H,16,18). The van der Waals surface area contributed by atoms with Gasteiger partial charge in [0.1, 0.15) is 5.65 Å². The summed E-state index contributed by atoms with van der Waals surface area (Å²) in [5, 5.41) is 0. The number of aromatic nitrogens is 3. The van der Waals surface area contributed by atoms with Crippen LogP contribution >= 0.6 is 0 Å². The summed E-state index contributed by atoms with van der Waals surface area (Å²) < 4.78 is 1.49. The van der Waals surface area contributed by atoms with Gasteiger partial charge in [0.05, 0.1) is 5.69 Å². The van der Waals surface area contributed by atoms with Crippen molar-refractivity contribution in [1.82, 2.24) is 14.4 Å². The third-order valence-electron chi connectivity index (χ3n) is 2.98. The molecular weight excluding hydrogens is 226 g/mol. The molecule has 0 aromatic carbocycles. The molecule has 18 heavy (non-hydrogen) atoms. The molecule has 0 bridgehead atoms. The molecule has 0 saturated heterocycles. The van der Waals surface area contributed by atoms with Crippen LogP contribution in [-0.2, 0) is 0 Å². The lowest BCUT2D eigenvalue weighted by atomic mass is 10.1. The van der Waals surface area contributed by atoms with Crippen molar-refractivity contribution in [3.8, 4) is 0 Å². The van der Waals surface area contributed by atoms with Crippen molar-refractivity contribution in [2.75, 3.05) is 0 Å². The van der Waals surface area contributed by atoms with Gasteiger partial charge < -0.3 is 4.98 Å². The molecule has 1 N–H and O–H groups in total. The lowest BCUT2D eigenvalue weighted by Gasteiger charge is -2.02. The molecule has 1 atom stereocenters. The number of rotatable bonds is 1. The molecule has 1 aliphatic carbocycles. The molecule has 0 spiro atoms. The van der Waals surface area contributed by atoms with E-state index in [9.17, 15) is 4.79 Å². The largest absolute Gasteiger partial charge is 0.331 e. The molecule has 1 unspecified atom stereocenters. The summed E-state index contributed by atoms with van der Waals surface area (Å²) in [6.07, 6.45) is 13.5. The second-order valence-corrected chi connectivity index (χ2v) is 4.37. The quantitative estimate of drug-likeness (QED) is 0.829. The Balaban J connectivity index is 2.15. The number of aromatic amines is 1. The Kier molecular flexibility index (Phi) is 2.48. The predicted octanol–water partition coefficient (Wildman–Crippen LogP) is 2.17. The first-order valence-electron chi connectivity index (χ1n) is 5.87.